The summed E-state index contributed by atoms with van der Waals surface area (Å²) in [5, 5.41) is 18.6. The molecule has 10 nitrogen and oxygen atoms in total. The van der Waals surface area contributed by atoms with Gasteiger partial charge in [-0.1, -0.05) is 63.6 Å². The largest absolute Gasteiger partial charge is 0.488 e. The van der Waals surface area contributed by atoms with Crippen molar-refractivity contribution >= 4 is 31.9 Å². The molecule has 4 aromatic rings. The number of benzene rings is 3. The summed E-state index contributed by atoms with van der Waals surface area (Å²) in [5.41, 5.74) is 2.53. The van der Waals surface area contributed by atoms with Gasteiger partial charge in [-0.25, -0.2) is 13.1 Å². The Kier molecular flexibility index (Phi) is 9.26. The average Bonchev–Trinajstić information content (AvgIpc) is 3.37. The molecular weight excluding hydrogens is 648 g/mol. The minimum atomic E-state index is -3.85. The maximum Gasteiger partial charge on any atom is 0.312 e. The third-order valence-electron chi connectivity index (χ3n) is 7.70. The third-order valence-corrected chi connectivity index (χ3v) is 10.0. The first kappa shape index (κ1) is 31.8. The first-order chi connectivity index (χ1) is 20.8. The summed E-state index contributed by atoms with van der Waals surface area (Å²) >= 11 is 3.48. The van der Waals surface area contributed by atoms with E-state index in [2.05, 4.69) is 26.2 Å². The van der Waals surface area contributed by atoms with Crippen molar-refractivity contribution in [3.63, 3.8) is 0 Å². The summed E-state index contributed by atoms with van der Waals surface area (Å²) in [7, 11) is -3.85. The number of rotatable bonds is 10. The molecule has 0 aliphatic carbocycles. The summed E-state index contributed by atoms with van der Waals surface area (Å²) in [4.78, 5) is 12.5. The van der Waals surface area contributed by atoms with Gasteiger partial charge in [0.15, 0.2) is 0 Å². The number of nitrogens with zero attached hydrogens (tertiary/aromatic N) is 4. The quantitative estimate of drug-likeness (QED) is 0.225. The molecule has 0 amide bonds. The number of hydrogen-bond donors (Lipinski definition) is 1. The highest BCUT2D eigenvalue weighted by Crippen LogP contribution is 2.39. The van der Waals surface area contributed by atoms with Gasteiger partial charge in [0.2, 0.25) is 10.0 Å². The van der Waals surface area contributed by atoms with E-state index in [9.17, 15) is 18.3 Å². The average molecular weight is 684 g/mol. The SMILES string of the molecule is Cc1ccc(C(OCc2cn(Cc3cccc(Br)c3)nn2)C(C)(C)C(=O)O)cc1CN1C[C@@H](C)Oc2ccccc2S1(=O)=O. The maximum atomic E-state index is 13.7. The van der Waals surface area contributed by atoms with Crippen LogP contribution >= 0.6 is 15.9 Å². The van der Waals surface area contributed by atoms with Crippen LogP contribution in [0.1, 0.15) is 54.8 Å². The summed E-state index contributed by atoms with van der Waals surface area (Å²) in [5.74, 6) is -0.696. The van der Waals surface area contributed by atoms with Crippen molar-refractivity contribution in [2.45, 2.75) is 64.5 Å². The number of carboxylic acids is 1. The molecule has 1 N–H and O–H groups in total. The fourth-order valence-corrected chi connectivity index (χ4v) is 7.27. The van der Waals surface area contributed by atoms with E-state index in [-0.39, 0.29) is 30.7 Å². The van der Waals surface area contributed by atoms with Crippen molar-refractivity contribution in [2.24, 2.45) is 5.41 Å². The number of sulfonamides is 1. The number of para-hydroxylation sites is 1. The molecule has 0 saturated heterocycles. The van der Waals surface area contributed by atoms with Gasteiger partial charge >= 0.3 is 5.97 Å². The normalized spacial score (nSPS) is 17.3. The van der Waals surface area contributed by atoms with Gasteiger partial charge in [0.1, 0.15) is 22.4 Å². The minimum absolute atomic E-state index is 0.0369. The van der Waals surface area contributed by atoms with Crippen LogP contribution in [0.15, 0.2) is 82.3 Å². The van der Waals surface area contributed by atoms with Crippen LogP contribution in [0.25, 0.3) is 0 Å². The van der Waals surface area contributed by atoms with E-state index < -0.39 is 27.5 Å². The third kappa shape index (κ3) is 6.88. The lowest BCUT2D eigenvalue weighted by Gasteiger charge is -2.31. The monoisotopic (exact) mass is 682 g/mol. The Morgan fingerprint density at radius 2 is 1.91 bits per heavy atom. The van der Waals surface area contributed by atoms with Gasteiger partial charge in [0.25, 0.3) is 0 Å². The number of carboxylic acid groups (broad SMARTS) is 1. The smallest absolute Gasteiger partial charge is 0.312 e. The Bertz CT molecular complexity index is 1770. The van der Waals surface area contributed by atoms with Crippen molar-refractivity contribution in [3.8, 4) is 5.75 Å². The predicted octanol–water partition coefficient (Wildman–Crippen LogP) is 5.74. The Morgan fingerprint density at radius 1 is 1.14 bits per heavy atom. The van der Waals surface area contributed by atoms with Crippen LogP contribution in [0.4, 0.5) is 0 Å². The van der Waals surface area contributed by atoms with Crippen LogP contribution in [-0.4, -0.2) is 51.4 Å². The molecule has 2 heterocycles. The van der Waals surface area contributed by atoms with E-state index >= 15 is 0 Å². The molecule has 1 aliphatic heterocycles. The molecule has 0 spiro atoms. The predicted molar refractivity (Wildman–Crippen MR) is 168 cm³/mol. The molecule has 1 unspecified atom stereocenters. The molecule has 5 rings (SSSR count). The van der Waals surface area contributed by atoms with Crippen molar-refractivity contribution in [3.05, 3.63) is 105 Å². The maximum absolute atomic E-state index is 13.7. The number of aromatic nitrogens is 3. The minimum Gasteiger partial charge on any atom is -0.488 e. The summed E-state index contributed by atoms with van der Waals surface area (Å²) in [6.45, 7) is 7.77. The summed E-state index contributed by atoms with van der Waals surface area (Å²) < 4.78 is 43.6. The van der Waals surface area contributed by atoms with Crippen LogP contribution in [0.5, 0.6) is 5.75 Å². The van der Waals surface area contributed by atoms with Gasteiger partial charge in [-0.3, -0.25) is 4.79 Å². The highest BCUT2D eigenvalue weighted by molar-refractivity contribution is 9.10. The van der Waals surface area contributed by atoms with Crippen LogP contribution in [-0.2, 0) is 39.3 Å². The van der Waals surface area contributed by atoms with E-state index in [1.807, 2.05) is 56.3 Å². The number of fused-ring (bicyclic) bond motifs is 1. The van der Waals surface area contributed by atoms with E-state index in [1.165, 1.54) is 4.31 Å². The highest BCUT2D eigenvalue weighted by Gasteiger charge is 2.40. The lowest BCUT2D eigenvalue weighted by atomic mass is 9.81. The summed E-state index contributed by atoms with van der Waals surface area (Å²) in [6.07, 6.45) is 0.548. The van der Waals surface area contributed by atoms with E-state index in [0.29, 0.717) is 23.6 Å². The molecule has 3 aromatic carbocycles. The second-order valence-electron chi connectivity index (χ2n) is 11.6. The van der Waals surface area contributed by atoms with Crippen molar-refractivity contribution in [1.29, 1.82) is 0 Å². The Hall–Kier alpha value is -3.58. The number of carbonyl (C=O) groups is 1. The van der Waals surface area contributed by atoms with Gasteiger partial charge in [-0.2, -0.15) is 4.31 Å². The zero-order chi connectivity index (χ0) is 31.6. The lowest BCUT2D eigenvalue weighted by Crippen LogP contribution is -2.36. The molecule has 44 heavy (non-hydrogen) atoms. The van der Waals surface area contributed by atoms with Crippen molar-refractivity contribution in [1.82, 2.24) is 19.3 Å². The summed E-state index contributed by atoms with van der Waals surface area (Å²) in [6, 6.07) is 20.1. The van der Waals surface area contributed by atoms with Gasteiger partial charge in [0, 0.05) is 11.0 Å². The van der Waals surface area contributed by atoms with Crippen LogP contribution in [0.2, 0.25) is 0 Å². The fraction of sp³-hybridized carbons (Fsp3) is 0.344. The standard InChI is InChI=1S/C32H35BrN4O6S/c1-21-12-13-24(15-25(21)18-37-16-22(2)43-28-10-5-6-11-29(28)44(37,40)41)30(32(3,4)31(38)39)42-20-27-19-36(35-34-27)17-23-8-7-9-26(33)14-23/h5-15,19,22,30H,16-18,20H2,1-4H3,(H,38,39)/t22-,30?/m1/s1. The molecule has 0 radical (unpaired) electrons. The van der Waals surface area contributed by atoms with Crippen molar-refractivity contribution in [2.75, 3.05) is 6.54 Å². The van der Waals surface area contributed by atoms with Crippen LogP contribution in [0.3, 0.4) is 0 Å². The number of hydrogen-bond acceptors (Lipinski definition) is 7. The van der Waals surface area contributed by atoms with E-state index in [0.717, 1.165) is 21.2 Å². The fourth-order valence-electron chi connectivity index (χ4n) is 5.21. The first-order valence-electron chi connectivity index (χ1n) is 14.2. The van der Waals surface area contributed by atoms with Gasteiger partial charge in [-0.05, 0) is 74.2 Å². The second-order valence-corrected chi connectivity index (χ2v) is 14.4. The molecular formula is C32H35BrN4O6S. The number of ether oxygens (including phenoxy) is 2. The van der Waals surface area contributed by atoms with Crippen LogP contribution < -0.4 is 4.74 Å². The zero-order valence-electron chi connectivity index (χ0n) is 25.0. The van der Waals surface area contributed by atoms with Gasteiger partial charge in [0.05, 0.1) is 37.4 Å². The molecule has 0 saturated carbocycles. The molecule has 2 atom stereocenters. The van der Waals surface area contributed by atoms with E-state index in [4.69, 9.17) is 9.47 Å². The van der Waals surface area contributed by atoms with E-state index in [1.54, 1.807) is 49.0 Å². The molecule has 0 fully saturated rings. The highest BCUT2D eigenvalue weighted by atomic mass is 79.9. The molecule has 0 bridgehead atoms. The Balaban J connectivity index is 1.40. The zero-order valence-corrected chi connectivity index (χ0v) is 27.4. The second kappa shape index (κ2) is 12.8. The lowest BCUT2D eigenvalue weighted by molar-refractivity contribution is -0.158. The Morgan fingerprint density at radius 3 is 2.66 bits per heavy atom. The molecule has 1 aliphatic rings. The first-order valence-corrected chi connectivity index (χ1v) is 16.4. The van der Waals surface area contributed by atoms with Gasteiger partial charge in [-0.15, -0.1) is 5.10 Å². The van der Waals surface area contributed by atoms with Crippen molar-refractivity contribution < 1.29 is 27.8 Å². The Labute approximate surface area is 265 Å². The molecule has 1 aromatic heterocycles. The van der Waals surface area contributed by atoms with Crippen LogP contribution in [0, 0.1) is 12.3 Å². The number of halogens is 1. The number of aryl methyl sites for hydroxylation is 1. The van der Waals surface area contributed by atoms with Gasteiger partial charge < -0.3 is 14.6 Å². The molecule has 232 valence electrons. The topological polar surface area (TPSA) is 124 Å². The molecule has 12 heteroatoms. The number of aliphatic carboxylic acids is 1.